The highest BCUT2D eigenvalue weighted by Crippen LogP contribution is 2.25. The Morgan fingerprint density at radius 1 is 1.41 bits per heavy atom. The highest BCUT2D eigenvalue weighted by atomic mass is 35.5. The molecule has 4 heteroatoms. The second-order valence-corrected chi connectivity index (χ2v) is 4.39. The molecule has 0 heterocycles. The Bertz CT molecular complexity index is 344. The Balaban J connectivity index is 2.68. The van der Waals surface area contributed by atoms with E-state index in [0.29, 0.717) is 6.61 Å². The Labute approximate surface area is 109 Å². The van der Waals surface area contributed by atoms with Gasteiger partial charge in [0.1, 0.15) is 0 Å². The van der Waals surface area contributed by atoms with E-state index in [2.05, 4.69) is 29.3 Å². The van der Waals surface area contributed by atoms with Gasteiger partial charge in [-0.2, -0.15) is 0 Å². The summed E-state index contributed by atoms with van der Waals surface area (Å²) in [7, 11) is 3.72. The maximum absolute atomic E-state index is 6.27. The fourth-order valence-electron chi connectivity index (χ4n) is 1.59. The van der Waals surface area contributed by atoms with Crippen LogP contribution in [0.4, 0.5) is 5.69 Å². The third-order valence-electron chi connectivity index (χ3n) is 2.63. The number of hydrogen-bond acceptors (Lipinski definition) is 3. The van der Waals surface area contributed by atoms with Crippen LogP contribution in [0.1, 0.15) is 12.5 Å². The molecule has 3 nitrogen and oxygen atoms in total. The third kappa shape index (κ3) is 4.54. The van der Waals surface area contributed by atoms with E-state index in [-0.39, 0.29) is 0 Å². The van der Waals surface area contributed by atoms with Crippen molar-refractivity contribution in [3.05, 3.63) is 28.8 Å². The lowest BCUT2D eigenvalue weighted by atomic mass is 10.2. The number of hydrogen-bond donors (Lipinski definition) is 1. The molecule has 0 saturated heterocycles. The van der Waals surface area contributed by atoms with Crippen molar-refractivity contribution in [1.82, 2.24) is 5.32 Å². The number of nitrogens with zero attached hydrogens (tertiary/aromatic N) is 1. The van der Waals surface area contributed by atoms with Gasteiger partial charge in [-0.1, -0.05) is 24.6 Å². The summed E-state index contributed by atoms with van der Waals surface area (Å²) in [5.74, 6) is 0. The van der Waals surface area contributed by atoms with Crippen molar-refractivity contribution in [2.75, 3.05) is 38.8 Å². The number of methoxy groups -OCH3 is 1. The van der Waals surface area contributed by atoms with Crippen molar-refractivity contribution in [3.63, 3.8) is 0 Å². The molecule has 0 unspecified atom stereocenters. The number of anilines is 1. The molecule has 0 atom stereocenters. The third-order valence-corrected chi connectivity index (χ3v) is 2.94. The first kappa shape index (κ1) is 14.3. The number of likely N-dealkylation sites (N-methyl/N-ethyl adjacent to an activating group) is 1. The quantitative estimate of drug-likeness (QED) is 0.812. The van der Waals surface area contributed by atoms with Crippen LogP contribution in [-0.4, -0.2) is 33.9 Å². The van der Waals surface area contributed by atoms with Crippen LogP contribution in [0, 0.1) is 0 Å². The van der Waals surface area contributed by atoms with Gasteiger partial charge in [0.15, 0.2) is 0 Å². The minimum absolute atomic E-state index is 0.700. The molecule has 0 saturated carbocycles. The second-order valence-electron chi connectivity index (χ2n) is 3.98. The minimum Gasteiger partial charge on any atom is -0.383 e. The van der Waals surface area contributed by atoms with Crippen molar-refractivity contribution in [1.29, 1.82) is 0 Å². The fourth-order valence-corrected chi connectivity index (χ4v) is 1.94. The summed E-state index contributed by atoms with van der Waals surface area (Å²) in [6.45, 7) is 5.45. The van der Waals surface area contributed by atoms with Crippen molar-refractivity contribution in [3.8, 4) is 0 Å². The lowest BCUT2D eigenvalue weighted by Gasteiger charge is -2.20. The monoisotopic (exact) mass is 256 g/mol. The van der Waals surface area contributed by atoms with Gasteiger partial charge in [-0.05, 0) is 24.2 Å². The highest BCUT2D eigenvalue weighted by molar-refractivity contribution is 6.33. The second kappa shape index (κ2) is 7.54. The molecular weight excluding hydrogens is 236 g/mol. The summed E-state index contributed by atoms with van der Waals surface area (Å²) in [5.41, 5.74) is 2.25. The molecule has 0 aliphatic carbocycles. The van der Waals surface area contributed by atoms with E-state index in [9.17, 15) is 0 Å². The van der Waals surface area contributed by atoms with Crippen molar-refractivity contribution >= 4 is 17.3 Å². The van der Waals surface area contributed by atoms with Crippen LogP contribution in [0.15, 0.2) is 18.2 Å². The summed E-state index contributed by atoms with van der Waals surface area (Å²) in [5, 5.41) is 4.07. The van der Waals surface area contributed by atoms with Gasteiger partial charge in [-0.15, -0.1) is 0 Å². The molecule has 96 valence electrons. The minimum atomic E-state index is 0.700. The molecule has 1 aromatic rings. The number of ether oxygens (including phenoxy) is 1. The van der Waals surface area contributed by atoms with Crippen LogP contribution in [0.3, 0.4) is 0 Å². The lowest BCUT2D eigenvalue weighted by Crippen LogP contribution is -2.22. The largest absolute Gasteiger partial charge is 0.383 e. The summed E-state index contributed by atoms with van der Waals surface area (Å²) in [4.78, 5) is 2.10. The molecule has 1 N–H and O–H groups in total. The normalized spacial score (nSPS) is 10.6. The first-order valence-electron chi connectivity index (χ1n) is 5.88. The fraction of sp³-hybridized carbons (Fsp3) is 0.538. The van der Waals surface area contributed by atoms with E-state index in [1.54, 1.807) is 7.11 Å². The van der Waals surface area contributed by atoms with Gasteiger partial charge in [0, 0.05) is 27.2 Å². The molecule has 17 heavy (non-hydrogen) atoms. The van der Waals surface area contributed by atoms with Crippen LogP contribution in [0.2, 0.25) is 5.02 Å². The summed E-state index contributed by atoms with van der Waals surface area (Å²) in [6, 6.07) is 6.18. The Hall–Kier alpha value is -0.770. The average Bonchev–Trinajstić information content (AvgIpc) is 2.33. The van der Waals surface area contributed by atoms with E-state index in [1.807, 2.05) is 13.1 Å². The van der Waals surface area contributed by atoms with Gasteiger partial charge in [0.2, 0.25) is 0 Å². The Kier molecular flexibility index (Phi) is 6.34. The predicted octanol–water partition coefficient (Wildman–Crippen LogP) is 2.53. The molecule has 0 bridgehead atoms. The number of halogens is 1. The SMILES string of the molecule is CCNCc1ccc(N(C)CCOC)c(Cl)c1. The standard InChI is InChI=1S/C13H21ClN2O/c1-4-15-10-11-5-6-13(12(14)9-11)16(2)7-8-17-3/h5-6,9,15H,4,7-8,10H2,1-3H3. The molecule has 1 rings (SSSR count). The molecule has 0 aliphatic heterocycles. The van der Waals surface area contributed by atoms with Gasteiger partial charge in [-0.3, -0.25) is 0 Å². The molecule has 0 spiro atoms. The number of rotatable bonds is 7. The predicted molar refractivity (Wildman–Crippen MR) is 74.0 cm³/mol. The van der Waals surface area contributed by atoms with Crippen LogP contribution in [0.25, 0.3) is 0 Å². The topological polar surface area (TPSA) is 24.5 Å². The number of nitrogens with one attached hydrogen (secondary N) is 1. The van der Waals surface area contributed by atoms with Gasteiger partial charge >= 0.3 is 0 Å². The molecule has 1 aromatic carbocycles. The molecule has 0 fully saturated rings. The van der Waals surface area contributed by atoms with Gasteiger partial charge < -0.3 is 15.0 Å². The molecule has 0 aliphatic rings. The Morgan fingerprint density at radius 3 is 2.76 bits per heavy atom. The first-order valence-corrected chi connectivity index (χ1v) is 6.26. The van der Waals surface area contributed by atoms with Crippen LogP contribution >= 0.6 is 11.6 Å². The van der Waals surface area contributed by atoms with E-state index in [1.165, 1.54) is 5.56 Å². The van der Waals surface area contributed by atoms with Crippen LogP contribution < -0.4 is 10.2 Å². The summed E-state index contributed by atoms with van der Waals surface area (Å²) < 4.78 is 5.06. The van der Waals surface area contributed by atoms with E-state index >= 15 is 0 Å². The van der Waals surface area contributed by atoms with Crippen molar-refractivity contribution in [2.45, 2.75) is 13.5 Å². The van der Waals surface area contributed by atoms with E-state index < -0.39 is 0 Å². The first-order chi connectivity index (χ1) is 8.19. The van der Waals surface area contributed by atoms with Gasteiger partial charge in [0.05, 0.1) is 17.3 Å². The molecule has 0 aromatic heterocycles. The lowest BCUT2D eigenvalue weighted by molar-refractivity contribution is 0.206. The maximum Gasteiger partial charge on any atom is 0.0642 e. The highest BCUT2D eigenvalue weighted by Gasteiger charge is 2.06. The molecule has 0 amide bonds. The smallest absolute Gasteiger partial charge is 0.0642 e. The van der Waals surface area contributed by atoms with Gasteiger partial charge in [-0.25, -0.2) is 0 Å². The van der Waals surface area contributed by atoms with Crippen molar-refractivity contribution in [2.24, 2.45) is 0 Å². The van der Waals surface area contributed by atoms with Crippen LogP contribution in [0.5, 0.6) is 0 Å². The summed E-state index contributed by atoms with van der Waals surface area (Å²) >= 11 is 6.27. The van der Waals surface area contributed by atoms with Gasteiger partial charge in [0.25, 0.3) is 0 Å². The van der Waals surface area contributed by atoms with Crippen molar-refractivity contribution < 1.29 is 4.74 Å². The average molecular weight is 257 g/mol. The zero-order valence-electron chi connectivity index (χ0n) is 10.8. The van der Waals surface area contributed by atoms with E-state index in [4.69, 9.17) is 16.3 Å². The molecular formula is C13H21ClN2O. The number of benzene rings is 1. The van der Waals surface area contributed by atoms with E-state index in [0.717, 1.165) is 30.3 Å². The maximum atomic E-state index is 6.27. The molecule has 0 radical (unpaired) electrons. The Morgan fingerprint density at radius 2 is 2.18 bits per heavy atom. The zero-order valence-corrected chi connectivity index (χ0v) is 11.5. The van der Waals surface area contributed by atoms with Crippen LogP contribution in [-0.2, 0) is 11.3 Å². The zero-order chi connectivity index (χ0) is 12.7. The summed E-state index contributed by atoms with van der Waals surface area (Å²) in [6.07, 6.45) is 0.